The number of hydrogen-bond acceptors (Lipinski definition) is 4. The minimum Gasteiger partial charge on any atom is -0.335 e. The third-order valence-electron chi connectivity index (χ3n) is 5.51. The summed E-state index contributed by atoms with van der Waals surface area (Å²) >= 11 is 0. The Morgan fingerprint density at radius 2 is 1.73 bits per heavy atom. The second-order valence-corrected chi connectivity index (χ2v) is 7.42. The van der Waals surface area contributed by atoms with E-state index in [9.17, 15) is 9.59 Å². The van der Waals surface area contributed by atoms with Crippen LogP contribution in [0.1, 0.15) is 38.2 Å². The Hall–Kier alpha value is -1.92. The Morgan fingerprint density at radius 3 is 2.38 bits per heavy atom. The Kier molecular flexibility index (Phi) is 6.63. The van der Waals surface area contributed by atoms with E-state index in [0.717, 1.165) is 58.4 Å². The number of imide groups is 1. The second kappa shape index (κ2) is 9.14. The number of piperazine rings is 1. The summed E-state index contributed by atoms with van der Waals surface area (Å²) in [6, 6.07) is 10.0. The fourth-order valence-electron chi connectivity index (χ4n) is 3.82. The predicted octanol–water partition coefficient (Wildman–Crippen LogP) is 1.96. The highest BCUT2D eigenvalue weighted by molar-refractivity contribution is 5.96. The molecule has 2 fully saturated rings. The molecular weight excluding hydrogens is 328 g/mol. The topological polar surface area (TPSA) is 64.7 Å². The van der Waals surface area contributed by atoms with Crippen molar-refractivity contribution < 1.29 is 9.59 Å². The first-order valence-corrected chi connectivity index (χ1v) is 9.73. The molecule has 2 aliphatic rings. The van der Waals surface area contributed by atoms with Gasteiger partial charge in [-0.25, -0.2) is 4.79 Å². The Morgan fingerprint density at radius 1 is 1.08 bits per heavy atom. The van der Waals surface area contributed by atoms with Crippen molar-refractivity contribution in [3.63, 3.8) is 0 Å². The van der Waals surface area contributed by atoms with E-state index < -0.39 is 0 Å². The molecule has 0 bridgehead atoms. The average molecular weight is 358 g/mol. The molecule has 0 radical (unpaired) electrons. The van der Waals surface area contributed by atoms with E-state index >= 15 is 0 Å². The third-order valence-corrected chi connectivity index (χ3v) is 5.51. The molecule has 6 heteroatoms. The number of benzene rings is 1. The van der Waals surface area contributed by atoms with Crippen molar-refractivity contribution in [3.8, 4) is 0 Å². The molecule has 142 valence electrons. The number of nitrogens with one attached hydrogen (secondary N) is 2. The largest absolute Gasteiger partial charge is 0.335 e. The van der Waals surface area contributed by atoms with Crippen LogP contribution in [0.4, 0.5) is 4.79 Å². The van der Waals surface area contributed by atoms with Crippen LogP contribution in [-0.4, -0.2) is 60.0 Å². The van der Waals surface area contributed by atoms with E-state index in [0.29, 0.717) is 0 Å². The van der Waals surface area contributed by atoms with Crippen LogP contribution in [-0.2, 0) is 11.3 Å². The van der Waals surface area contributed by atoms with Gasteiger partial charge in [0.25, 0.3) is 0 Å². The maximum absolute atomic E-state index is 12.4. The first kappa shape index (κ1) is 18.9. The molecule has 3 amide bonds. The van der Waals surface area contributed by atoms with Gasteiger partial charge in [0.1, 0.15) is 0 Å². The molecule has 3 rings (SSSR count). The minimum atomic E-state index is -0.350. The van der Waals surface area contributed by atoms with E-state index in [-0.39, 0.29) is 24.0 Å². The van der Waals surface area contributed by atoms with Gasteiger partial charge in [-0.2, -0.15) is 0 Å². The molecule has 1 aliphatic heterocycles. The van der Waals surface area contributed by atoms with Crippen LogP contribution < -0.4 is 10.6 Å². The van der Waals surface area contributed by atoms with Crippen LogP contribution in [0.15, 0.2) is 30.3 Å². The number of amides is 3. The lowest BCUT2D eigenvalue weighted by molar-refractivity contribution is -0.125. The number of urea groups is 1. The van der Waals surface area contributed by atoms with Crippen LogP contribution in [0.5, 0.6) is 0 Å². The van der Waals surface area contributed by atoms with Gasteiger partial charge >= 0.3 is 6.03 Å². The van der Waals surface area contributed by atoms with Crippen LogP contribution in [0.25, 0.3) is 0 Å². The molecule has 6 nitrogen and oxygen atoms in total. The van der Waals surface area contributed by atoms with Gasteiger partial charge in [0.2, 0.25) is 5.91 Å². The smallest absolute Gasteiger partial charge is 0.321 e. The van der Waals surface area contributed by atoms with E-state index in [4.69, 9.17) is 0 Å². The van der Waals surface area contributed by atoms with Gasteiger partial charge in [0, 0.05) is 38.8 Å². The standard InChI is InChI=1S/C20H30N4O2/c1-16(19(25)22-20(26)21-18-9-5-6-10-18)24-13-11-23(12-14-24)15-17-7-3-2-4-8-17/h2-4,7-8,16,18H,5-6,9-15H2,1H3,(H2,21,22,25,26)/t16-/m1/s1. The van der Waals surface area contributed by atoms with Crippen molar-refractivity contribution >= 4 is 11.9 Å². The van der Waals surface area contributed by atoms with Crippen LogP contribution in [0.2, 0.25) is 0 Å². The summed E-state index contributed by atoms with van der Waals surface area (Å²) in [5, 5.41) is 5.41. The van der Waals surface area contributed by atoms with Gasteiger partial charge in [-0.3, -0.25) is 19.9 Å². The summed E-state index contributed by atoms with van der Waals surface area (Å²) in [5.74, 6) is -0.211. The van der Waals surface area contributed by atoms with Crippen molar-refractivity contribution in [1.29, 1.82) is 0 Å². The van der Waals surface area contributed by atoms with E-state index in [1.807, 2.05) is 13.0 Å². The zero-order valence-corrected chi connectivity index (χ0v) is 15.6. The van der Waals surface area contributed by atoms with E-state index in [1.54, 1.807) is 0 Å². The quantitative estimate of drug-likeness (QED) is 0.845. The van der Waals surface area contributed by atoms with Gasteiger partial charge in [0.05, 0.1) is 6.04 Å². The SMILES string of the molecule is C[C@H](C(=O)NC(=O)NC1CCCC1)N1CCN(Cc2ccccc2)CC1. The number of carbonyl (C=O) groups is 2. The van der Waals surface area contributed by atoms with Crippen molar-refractivity contribution in [1.82, 2.24) is 20.4 Å². The lowest BCUT2D eigenvalue weighted by Gasteiger charge is -2.37. The number of nitrogens with zero attached hydrogens (tertiary/aromatic N) is 2. The van der Waals surface area contributed by atoms with Crippen LogP contribution in [0.3, 0.4) is 0 Å². The fourth-order valence-corrected chi connectivity index (χ4v) is 3.82. The number of hydrogen-bond donors (Lipinski definition) is 2. The minimum absolute atomic E-state index is 0.211. The Bertz CT molecular complexity index is 593. The van der Waals surface area contributed by atoms with Gasteiger partial charge in [0.15, 0.2) is 0 Å². The first-order valence-electron chi connectivity index (χ1n) is 9.73. The maximum atomic E-state index is 12.4. The zero-order chi connectivity index (χ0) is 18.4. The normalized spacial score (nSPS) is 20.7. The fraction of sp³-hybridized carbons (Fsp3) is 0.600. The summed E-state index contributed by atoms with van der Waals surface area (Å²) in [6.07, 6.45) is 4.34. The highest BCUT2D eigenvalue weighted by atomic mass is 16.2. The summed E-state index contributed by atoms with van der Waals surface area (Å²) in [5.41, 5.74) is 1.32. The molecule has 1 heterocycles. The summed E-state index contributed by atoms with van der Waals surface area (Å²) in [6.45, 7) is 6.36. The predicted molar refractivity (Wildman–Crippen MR) is 102 cm³/mol. The Labute approximate surface area is 155 Å². The highest BCUT2D eigenvalue weighted by Gasteiger charge is 2.27. The molecule has 26 heavy (non-hydrogen) atoms. The molecule has 1 saturated carbocycles. The lowest BCUT2D eigenvalue weighted by atomic mass is 10.1. The van der Waals surface area contributed by atoms with Crippen LogP contribution in [0, 0.1) is 0 Å². The van der Waals surface area contributed by atoms with E-state index in [2.05, 4.69) is 44.7 Å². The van der Waals surface area contributed by atoms with Crippen molar-refractivity contribution in [2.75, 3.05) is 26.2 Å². The molecular formula is C20H30N4O2. The second-order valence-electron chi connectivity index (χ2n) is 7.42. The first-order chi connectivity index (χ1) is 12.6. The molecule has 1 atom stereocenters. The van der Waals surface area contributed by atoms with E-state index in [1.165, 1.54) is 5.56 Å². The van der Waals surface area contributed by atoms with Crippen molar-refractivity contribution in [2.24, 2.45) is 0 Å². The van der Waals surface area contributed by atoms with Crippen molar-refractivity contribution in [3.05, 3.63) is 35.9 Å². The molecule has 1 aromatic carbocycles. The molecule has 0 unspecified atom stereocenters. The molecule has 1 saturated heterocycles. The Balaban J connectivity index is 1.40. The van der Waals surface area contributed by atoms with Gasteiger partial charge in [-0.1, -0.05) is 43.2 Å². The molecule has 2 N–H and O–H groups in total. The number of carbonyl (C=O) groups excluding carboxylic acids is 2. The summed E-state index contributed by atoms with van der Waals surface area (Å²) in [4.78, 5) is 28.9. The highest BCUT2D eigenvalue weighted by Crippen LogP contribution is 2.17. The van der Waals surface area contributed by atoms with Gasteiger partial charge in [-0.15, -0.1) is 0 Å². The molecule has 0 aromatic heterocycles. The molecule has 1 aliphatic carbocycles. The molecule has 0 spiro atoms. The summed E-state index contributed by atoms with van der Waals surface area (Å²) < 4.78 is 0. The lowest BCUT2D eigenvalue weighted by Crippen LogP contribution is -2.55. The van der Waals surface area contributed by atoms with Crippen molar-refractivity contribution in [2.45, 2.75) is 51.2 Å². The number of rotatable bonds is 5. The monoisotopic (exact) mass is 358 g/mol. The maximum Gasteiger partial charge on any atom is 0.321 e. The summed E-state index contributed by atoms with van der Waals surface area (Å²) in [7, 11) is 0. The zero-order valence-electron chi connectivity index (χ0n) is 15.6. The molecule has 1 aromatic rings. The third kappa shape index (κ3) is 5.29. The van der Waals surface area contributed by atoms with Gasteiger partial charge in [-0.05, 0) is 25.3 Å². The van der Waals surface area contributed by atoms with Gasteiger partial charge < -0.3 is 5.32 Å². The average Bonchev–Trinajstić information content (AvgIpc) is 3.15. The van der Waals surface area contributed by atoms with Crippen LogP contribution >= 0.6 is 0 Å².